The summed E-state index contributed by atoms with van der Waals surface area (Å²) in [4.78, 5) is 0. The van der Waals surface area contributed by atoms with Crippen LogP contribution in [-0.2, 0) is 30.2 Å². The van der Waals surface area contributed by atoms with Crippen molar-refractivity contribution in [3.63, 3.8) is 0 Å². The van der Waals surface area contributed by atoms with E-state index < -0.39 is 57.7 Å². The molecule has 0 saturated carbocycles. The molecular weight excluding hydrogens is 513 g/mol. The van der Waals surface area contributed by atoms with E-state index >= 15 is 0 Å². The Bertz CT molecular complexity index is 679. The second kappa shape index (κ2) is 17.7. The number of rotatable bonds is 14. The molecule has 184 valence electrons. The van der Waals surface area contributed by atoms with Gasteiger partial charge < -0.3 is 29.7 Å². The maximum Gasteiger partial charge on any atom is 1.00 e. The molecular formula is C17H32KNO10S3. The van der Waals surface area contributed by atoms with Crippen LogP contribution in [0.2, 0.25) is 0 Å². The molecule has 0 amide bonds. The maximum absolute atomic E-state index is 11.0. The zero-order chi connectivity index (χ0) is 23.4. The van der Waals surface area contributed by atoms with Crippen LogP contribution in [0.5, 0.6) is 0 Å². The summed E-state index contributed by atoms with van der Waals surface area (Å²) >= 11 is 0.755. The Balaban J connectivity index is 0.00000961. The molecule has 1 heterocycles. The average Bonchev–Trinajstić information content (AvgIpc) is 2.69. The average molecular weight is 546 g/mol. The Morgan fingerprint density at radius 3 is 2.16 bits per heavy atom. The van der Waals surface area contributed by atoms with Gasteiger partial charge in [0.1, 0.15) is 34.9 Å². The van der Waals surface area contributed by atoms with Gasteiger partial charge in [0.25, 0.3) is 10.4 Å². The number of nitrogens with zero attached hydrogens (tertiary/aromatic N) is 1. The molecule has 0 aromatic carbocycles. The molecule has 0 aromatic rings. The molecule has 1 aliphatic heterocycles. The van der Waals surface area contributed by atoms with Crippen LogP contribution in [0.25, 0.3) is 0 Å². The molecule has 4 N–H and O–H groups in total. The Morgan fingerprint density at radius 1 is 1.06 bits per heavy atom. The van der Waals surface area contributed by atoms with Gasteiger partial charge in [0.2, 0.25) is 0 Å². The van der Waals surface area contributed by atoms with Crippen molar-refractivity contribution in [2.24, 2.45) is 5.16 Å². The Morgan fingerprint density at radius 2 is 1.62 bits per heavy atom. The topological polar surface area (TPSA) is 186 Å². The number of hydrogen-bond donors (Lipinski definition) is 4. The first-order valence-corrected chi connectivity index (χ1v) is 14.0. The summed E-state index contributed by atoms with van der Waals surface area (Å²) in [6.45, 7) is -0.603. The predicted molar refractivity (Wildman–Crippen MR) is 115 cm³/mol. The molecule has 0 aromatic heterocycles. The summed E-state index contributed by atoms with van der Waals surface area (Å²) < 4.78 is 52.5. The summed E-state index contributed by atoms with van der Waals surface area (Å²) in [6, 6.07) is 0. The van der Waals surface area contributed by atoms with Crippen LogP contribution in [0.1, 0.15) is 51.4 Å². The van der Waals surface area contributed by atoms with Crippen molar-refractivity contribution in [2.45, 2.75) is 81.2 Å². The first-order chi connectivity index (χ1) is 14.5. The van der Waals surface area contributed by atoms with E-state index in [0.717, 1.165) is 50.3 Å². The van der Waals surface area contributed by atoms with E-state index in [1.54, 1.807) is 6.26 Å². The van der Waals surface area contributed by atoms with Crippen LogP contribution in [-0.4, -0.2) is 91.1 Å². The van der Waals surface area contributed by atoms with Crippen LogP contribution in [0, 0.1) is 0 Å². The summed E-state index contributed by atoms with van der Waals surface area (Å²) in [5.74, 6) is 0.706. The normalized spacial score (nSPS) is 27.6. The number of hydrogen-bond acceptors (Lipinski definition) is 12. The van der Waals surface area contributed by atoms with Crippen molar-refractivity contribution in [1.82, 2.24) is 0 Å². The van der Waals surface area contributed by atoms with Gasteiger partial charge in [-0.3, -0.25) is 8.49 Å². The minimum atomic E-state index is -5.07. The Hall–Kier alpha value is 1.32. The fourth-order valence-corrected chi connectivity index (χ4v) is 4.93. The second-order valence-corrected chi connectivity index (χ2v) is 11.0. The van der Waals surface area contributed by atoms with Crippen molar-refractivity contribution in [1.29, 1.82) is 0 Å². The van der Waals surface area contributed by atoms with Crippen LogP contribution < -0.4 is 51.4 Å². The number of thioether (sulfide) groups is 1. The molecule has 6 atom stereocenters. The van der Waals surface area contributed by atoms with Crippen molar-refractivity contribution in [3.05, 3.63) is 0 Å². The number of unbranched alkanes of at least 4 members (excludes halogenated alkanes) is 6. The molecule has 1 saturated heterocycles. The van der Waals surface area contributed by atoms with Gasteiger partial charge >= 0.3 is 51.4 Å². The number of aliphatic hydroxyl groups excluding tert-OH is 4. The zero-order valence-corrected chi connectivity index (χ0v) is 23.9. The fourth-order valence-electron chi connectivity index (χ4n) is 2.98. The van der Waals surface area contributed by atoms with Gasteiger partial charge in [0, 0.05) is 22.8 Å². The molecule has 0 aliphatic carbocycles. The van der Waals surface area contributed by atoms with Crippen molar-refractivity contribution >= 4 is 38.0 Å². The van der Waals surface area contributed by atoms with Gasteiger partial charge in [-0.05, 0) is 19.3 Å². The number of oxime groups is 1. The number of ether oxygens (including phenoxy) is 1. The molecule has 15 heteroatoms. The molecule has 0 radical (unpaired) electrons. The third kappa shape index (κ3) is 14.0. The third-order valence-corrected chi connectivity index (χ3v) is 6.95. The standard InChI is InChI=1S/C17H33NO10S3.K/c1-30(23)10-8-6-4-2-3-5-7-9-13(18-28-31(24,25)26)29-17-16(22)15(21)14(20)12(11-19)27-17;/h12,14-17,19-22H,2-11H2,1H3,(H,24,25,26);/q;+1/p-1/b18-13-;/t12-,14-,15+,16-,17+,30?;/m1./s1. The Labute approximate surface area is 238 Å². The monoisotopic (exact) mass is 545 g/mol. The maximum atomic E-state index is 11.0. The van der Waals surface area contributed by atoms with Gasteiger partial charge in [-0.15, -0.1) is 0 Å². The van der Waals surface area contributed by atoms with Crippen molar-refractivity contribution in [2.75, 3.05) is 18.6 Å². The van der Waals surface area contributed by atoms with E-state index in [9.17, 15) is 37.6 Å². The minimum Gasteiger partial charge on any atom is -0.714 e. The van der Waals surface area contributed by atoms with Gasteiger partial charge in [0.05, 0.1) is 6.61 Å². The van der Waals surface area contributed by atoms with Crippen molar-refractivity contribution in [3.8, 4) is 0 Å². The van der Waals surface area contributed by atoms with Gasteiger partial charge in [0.15, 0.2) is 0 Å². The van der Waals surface area contributed by atoms with Crippen LogP contribution in [0.3, 0.4) is 0 Å². The fraction of sp³-hybridized carbons (Fsp3) is 0.941. The molecule has 1 rings (SSSR count). The van der Waals surface area contributed by atoms with Gasteiger partial charge in [-0.1, -0.05) is 49.0 Å². The molecule has 1 unspecified atom stereocenters. The molecule has 32 heavy (non-hydrogen) atoms. The van der Waals surface area contributed by atoms with E-state index in [2.05, 4.69) is 9.44 Å². The smallest absolute Gasteiger partial charge is 0.714 e. The quantitative estimate of drug-likeness (QED) is 0.0328. The van der Waals surface area contributed by atoms with Gasteiger partial charge in [-0.2, -0.15) is 8.42 Å². The predicted octanol–water partition coefficient (Wildman–Crippen LogP) is -3.19. The van der Waals surface area contributed by atoms with E-state index in [1.165, 1.54) is 0 Å². The molecule has 1 aliphatic rings. The second-order valence-electron chi connectivity index (χ2n) is 7.29. The summed E-state index contributed by atoms with van der Waals surface area (Å²) in [7, 11) is -5.83. The van der Waals surface area contributed by atoms with E-state index in [1.807, 2.05) is 0 Å². The Kier molecular flexibility index (Phi) is 18.4. The van der Waals surface area contributed by atoms with Gasteiger partial charge in [-0.25, -0.2) is 0 Å². The largest absolute Gasteiger partial charge is 1.00 e. The minimum absolute atomic E-state index is 0. The first kappa shape index (κ1) is 33.3. The zero-order valence-electron chi connectivity index (χ0n) is 18.4. The summed E-state index contributed by atoms with van der Waals surface area (Å²) in [6.07, 6.45) is 2.45. The molecule has 1 fully saturated rings. The molecule has 11 nitrogen and oxygen atoms in total. The van der Waals surface area contributed by atoms with E-state index in [-0.39, 0.29) is 62.8 Å². The summed E-state index contributed by atoms with van der Waals surface area (Å²) in [5, 5.41) is 42.5. The van der Waals surface area contributed by atoms with Crippen LogP contribution in [0.15, 0.2) is 5.16 Å². The van der Waals surface area contributed by atoms with E-state index in [4.69, 9.17) is 4.74 Å². The van der Waals surface area contributed by atoms with Crippen LogP contribution >= 0.6 is 11.8 Å². The number of aliphatic hydroxyl groups is 4. The molecule has 0 spiro atoms. The molecule has 0 bridgehead atoms. The van der Waals surface area contributed by atoms with E-state index in [0.29, 0.717) is 12.2 Å². The third-order valence-electron chi connectivity index (χ3n) is 4.65. The van der Waals surface area contributed by atoms with Crippen molar-refractivity contribution < 1.29 is 98.0 Å². The van der Waals surface area contributed by atoms with Crippen LogP contribution in [0.4, 0.5) is 0 Å². The summed E-state index contributed by atoms with van der Waals surface area (Å²) in [5.41, 5.74) is -1.16. The SMILES string of the molecule is CS(=O)CCCCCCCCC/C(=N/OS(=O)(=O)[O-])S[C@@H]1O[C@H](CO)[C@@H](O)[C@H](O)[C@H]1O.[K+]. The first-order valence-electron chi connectivity index (χ1n) is 10.0.